The van der Waals surface area contributed by atoms with Crippen molar-refractivity contribution in [3.05, 3.63) is 62.0 Å². The highest BCUT2D eigenvalue weighted by atomic mass is 79.9. The number of fused-ring (bicyclic) bond motifs is 1. The van der Waals surface area contributed by atoms with E-state index in [9.17, 15) is 0 Å². The molecule has 6 heteroatoms. The molecule has 0 fully saturated rings. The van der Waals surface area contributed by atoms with Crippen LogP contribution in [-0.2, 0) is 16.2 Å². The minimum Gasteiger partial charge on any atom is -0.465 e. The van der Waals surface area contributed by atoms with Crippen molar-refractivity contribution in [3.8, 4) is 0 Å². The maximum absolute atomic E-state index is 6.25. The molecule has 0 saturated heterocycles. The Bertz CT molecular complexity index is 776. The molecule has 2 aromatic rings. The second-order valence-corrected chi connectivity index (χ2v) is 8.10. The van der Waals surface area contributed by atoms with Crippen LogP contribution in [0.25, 0.3) is 0 Å². The molecule has 0 radical (unpaired) electrons. The molecule has 0 saturated carbocycles. The summed E-state index contributed by atoms with van der Waals surface area (Å²) in [4.78, 5) is 4.73. The van der Waals surface area contributed by atoms with E-state index in [1.54, 1.807) is 0 Å². The topological polar surface area (TPSA) is 21.6 Å². The van der Waals surface area contributed by atoms with E-state index >= 15 is 0 Å². The molecule has 0 aliphatic carbocycles. The molecule has 23 heavy (non-hydrogen) atoms. The first-order valence-corrected chi connectivity index (χ1v) is 10.2. The van der Waals surface area contributed by atoms with Gasteiger partial charge in [-0.05, 0) is 52.7 Å². The Balaban J connectivity index is 2.14. The van der Waals surface area contributed by atoms with Crippen molar-refractivity contribution in [2.24, 2.45) is 4.99 Å². The Morgan fingerprint density at radius 3 is 2.48 bits per heavy atom. The Morgan fingerprint density at radius 1 is 1.17 bits per heavy atom. The van der Waals surface area contributed by atoms with E-state index in [4.69, 9.17) is 21.3 Å². The van der Waals surface area contributed by atoms with Crippen LogP contribution in [0, 0.1) is 0 Å². The monoisotopic (exact) mass is 519 g/mol. The second-order valence-electron chi connectivity index (χ2n) is 5.50. The molecule has 120 valence electrons. The average molecular weight is 522 g/mol. The van der Waals surface area contributed by atoms with Crippen LogP contribution in [0.3, 0.4) is 0 Å². The lowest BCUT2D eigenvalue weighted by atomic mass is 9.94. The SMILES string of the molecule is CC1(CBr)OC(c2ccc(CCl)cc2)=Nc2c(Br)cc(Br)cc21. The highest BCUT2D eigenvalue weighted by Gasteiger charge is 2.36. The molecule has 0 N–H and O–H groups in total. The fraction of sp³-hybridized carbons (Fsp3) is 0.235. The number of hydrogen-bond acceptors (Lipinski definition) is 2. The van der Waals surface area contributed by atoms with Gasteiger partial charge in [0.05, 0.1) is 5.69 Å². The molecule has 0 spiro atoms. The first-order valence-electron chi connectivity index (χ1n) is 6.95. The van der Waals surface area contributed by atoms with Crippen molar-refractivity contribution in [1.82, 2.24) is 0 Å². The van der Waals surface area contributed by atoms with E-state index in [1.165, 1.54) is 0 Å². The van der Waals surface area contributed by atoms with Crippen LogP contribution < -0.4 is 0 Å². The van der Waals surface area contributed by atoms with Crippen LogP contribution >= 0.6 is 59.4 Å². The minimum atomic E-state index is -0.496. The molecule has 0 aromatic heterocycles. The lowest BCUT2D eigenvalue weighted by molar-refractivity contribution is 0.0978. The summed E-state index contributed by atoms with van der Waals surface area (Å²) in [7, 11) is 0. The standard InChI is InChI=1S/C17H13Br3ClNO/c1-17(9-18)13-6-12(19)7-14(20)15(13)22-16(23-17)11-4-2-10(8-21)3-5-11/h2-7H,8-9H2,1H3. The molecule has 1 heterocycles. The maximum atomic E-state index is 6.25. The molecular formula is C17H13Br3ClNO. The highest BCUT2D eigenvalue weighted by Crippen LogP contribution is 2.45. The third-order valence-corrected chi connectivity index (χ3v) is 6.18. The molecule has 3 rings (SSSR count). The van der Waals surface area contributed by atoms with Gasteiger partial charge in [0.1, 0.15) is 5.60 Å². The number of halogens is 4. The minimum absolute atomic E-state index is 0.495. The summed E-state index contributed by atoms with van der Waals surface area (Å²) < 4.78 is 8.17. The third kappa shape index (κ3) is 3.39. The fourth-order valence-electron chi connectivity index (χ4n) is 2.43. The van der Waals surface area contributed by atoms with Gasteiger partial charge in [0.2, 0.25) is 5.90 Å². The number of hydrogen-bond donors (Lipinski definition) is 0. The Morgan fingerprint density at radius 2 is 1.87 bits per heavy atom. The van der Waals surface area contributed by atoms with E-state index in [1.807, 2.05) is 30.3 Å². The van der Waals surface area contributed by atoms with Crippen molar-refractivity contribution in [2.75, 3.05) is 5.33 Å². The fourth-order valence-corrected chi connectivity index (χ4v) is 4.34. The van der Waals surface area contributed by atoms with Gasteiger partial charge in [-0.1, -0.05) is 44.0 Å². The lowest BCUT2D eigenvalue weighted by Crippen LogP contribution is -2.34. The zero-order chi connectivity index (χ0) is 16.6. The molecule has 0 bridgehead atoms. The Labute approximate surface area is 165 Å². The second kappa shape index (κ2) is 6.87. The largest absolute Gasteiger partial charge is 0.465 e. The van der Waals surface area contributed by atoms with Gasteiger partial charge in [0.25, 0.3) is 0 Å². The van der Waals surface area contributed by atoms with Crippen LogP contribution in [0.2, 0.25) is 0 Å². The predicted octanol–water partition coefficient (Wildman–Crippen LogP) is 6.67. The number of rotatable bonds is 3. The molecular weight excluding hydrogens is 509 g/mol. The summed E-state index contributed by atoms with van der Waals surface area (Å²) in [5.74, 6) is 1.11. The number of benzene rings is 2. The summed E-state index contributed by atoms with van der Waals surface area (Å²) in [6.45, 7) is 2.06. The Kier molecular flexibility index (Phi) is 5.21. The number of aliphatic imine (C=N–C) groups is 1. The van der Waals surface area contributed by atoms with Gasteiger partial charge in [-0.2, -0.15) is 0 Å². The van der Waals surface area contributed by atoms with Crippen molar-refractivity contribution in [3.63, 3.8) is 0 Å². The van der Waals surface area contributed by atoms with Crippen molar-refractivity contribution in [2.45, 2.75) is 18.4 Å². The van der Waals surface area contributed by atoms with Crippen LogP contribution in [-0.4, -0.2) is 11.2 Å². The first-order chi connectivity index (χ1) is 11.0. The Hall–Kier alpha value is -0.360. The van der Waals surface area contributed by atoms with E-state index in [0.29, 0.717) is 17.1 Å². The van der Waals surface area contributed by atoms with Crippen LogP contribution in [0.5, 0.6) is 0 Å². The van der Waals surface area contributed by atoms with E-state index in [-0.39, 0.29) is 0 Å². The summed E-state index contributed by atoms with van der Waals surface area (Å²) >= 11 is 16.6. The smallest absolute Gasteiger partial charge is 0.222 e. The summed E-state index contributed by atoms with van der Waals surface area (Å²) in [6.07, 6.45) is 0. The zero-order valence-corrected chi connectivity index (χ0v) is 17.8. The van der Waals surface area contributed by atoms with Gasteiger partial charge in [-0.25, -0.2) is 4.99 Å². The maximum Gasteiger partial charge on any atom is 0.222 e. The van der Waals surface area contributed by atoms with Gasteiger partial charge in [0, 0.05) is 31.3 Å². The van der Waals surface area contributed by atoms with Crippen molar-refractivity contribution < 1.29 is 4.74 Å². The van der Waals surface area contributed by atoms with Gasteiger partial charge in [-0.15, -0.1) is 11.6 Å². The van der Waals surface area contributed by atoms with Gasteiger partial charge in [-0.3, -0.25) is 0 Å². The van der Waals surface area contributed by atoms with Crippen LogP contribution in [0.15, 0.2) is 50.3 Å². The molecule has 0 amide bonds. The molecule has 2 aromatic carbocycles. The zero-order valence-electron chi connectivity index (χ0n) is 12.2. The van der Waals surface area contributed by atoms with Gasteiger partial charge < -0.3 is 4.74 Å². The average Bonchev–Trinajstić information content (AvgIpc) is 2.56. The molecule has 1 aliphatic rings. The van der Waals surface area contributed by atoms with Gasteiger partial charge in [0.15, 0.2) is 0 Å². The van der Waals surface area contributed by atoms with Crippen LogP contribution in [0.4, 0.5) is 5.69 Å². The highest BCUT2D eigenvalue weighted by molar-refractivity contribution is 9.11. The van der Waals surface area contributed by atoms with E-state index in [2.05, 4.69) is 60.8 Å². The lowest BCUT2D eigenvalue weighted by Gasteiger charge is -2.35. The number of alkyl halides is 2. The molecule has 1 unspecified atom stereocenters. The molecule has 1 atom stereocenters. The number of ether oxygens (including phenoxy) is 1. The third-order valence-electron chi connectivity index (χ3n) is 3.74. The quantitative estimate of drug-likeness (QED) is 0.413. The van der Waals surface area contributed by atoms with Gasteiger partial charge >= 0.3 is 0 Å². The summed E-state index contributed by atoms with van der Waals surface area (Å²) in [5, 5.41) is 0.661. The predicted molar refractivity (Wildman–Crippen MR) is 106 cm³/mol. The first kappa shape index (κ1) is 17.5. The van der Waals surface area contributed by atoms with E-state index in [0.717, 1.165) is 31.3 Å². The molecule has 1 aliphatic heterocycles. The summed E-state index contributed by atoms with van der Waals surface area (Å²) in [5.41, 5.74) is 3.45. The molecule has 2 nitrogen and oxygen atoms in total. The number of nitrogens with zero attached hydrogens (tertiary/aromatic N) is 1. The van der Waals surface area contributed by atoms with E-state index < -0.39 is 5.60 Å². The normalized spacial score (nSPS) is 19.8. The van der Waals surface area contributed by atoms with Crippen molar-refractivity contribution in [1.29, 1.82) is 0 Å². The summed E-state index contributed by atoms with van der Waals surface area (Å²) in [6, 6.07) is 12.0. The van der Waals surface area contributed by atoms with Crippen molar-refractivity contribution >= 4 is 71.0 Å². The van der Waals surface area contributed by atoms with Crippen LogP contribution in [0.1, 0.15) is 23.6 Å².